The van der Waals surface area contributed by atoms with Crippen molar-refractivity contribution in [3.8, 4) is 0 Å². The van der Waals surface area contributed by atoms with Crippen LogP contribution in [0.25, 0.3) is 0 Å². The minimum absolute atomic E-state index is 0.503. The third-order valence-electron chi connectivity index (χ3n) is 2.41. The average Bonchev–Trinajstić information content (AvgIpc) is 1.98. The van der Waals surface area contributed by atoms with E-state index in [0.717, 1.165) is 13.0 Å². The van der Waals surface area contributed by atoms with Gasteiger partial charge in [-0.1, -0.05) is 18.9 Å². The molecule has 0 saturated heterocycles. The highest BCUT2D eigenvalue weighted by Gasteiger charge is 2.15. The lowest BCUT2D eigenvalue weighted by atomic mass is 9.99. The van der Waals surface area contributed by atoms with E-state index in [-0.39, 0.29) is 0 Å². The van der Waals surface area contributed by atoms with Gasteiger partial charge in [0.25, 0.3) is 0 Å². The van der Waals surface area contributed by atoms with Crippen LogP contribution >= 0.6 is 0 Å². The number of hydrogen-bond acceptors (Lipinski definition) is 1. The van der Waals surface area contributed by atoms with Crippen LogP contribution in [-0.4, -0.2) is 12.7 Å². The van der Waals surface area contributed by atoms with Crippen molar-refractivity contribution in [2.45, 2.75) is 46.1 Å². The fourth-order valence-electron chi connectivity index (χ4n) is 1.45. The van der Waals surface area contributed by atoms with Crippen molar-refractivity contribution >= 4 is 0 Å². The topological polar surface area (TPSA) is 9.23 Å². The minimum Gasteiger partial charge on any atom is -0.374 e. The highest BCUT2D eigenvalue weighted by molar-refractivity contribution is 5.13. The molecule has 1 heterocycles. The molecule has 0 radical (unpaired) electrons. The van der Waals surface area contributed by atoms with E-state index in [0.29, 0.717) is 6.10 Å². The van der Waals surface area contributed by atoms with Crippen LogP contribution in [0.3, 0.4) is 0 Å². The Morgan fingerprint density at radius 2 is 2.09 bits per heavy atom. The summed E-state index contributed by atoms with van der Waals surface area (Å²) in [5, 5.41) is 0. The highest BCUT2D eigenvalue weighted by atomic mass is 16.5. The molecule has 1 rings (SSSR count). The second kappa shape index (κ2) is 3.91. The van der Waals surface area contributed by atoms with E-state index in [1.165, 1.54) is 24.0 Å². The normalized spacial score (nSPS) is 25.9. The largest absolute Gasteiger partial charge is 0.374 e. The lowest BCUT2D eigenvalue weighted by molar-refractivity contribution is 0.0518. The third kappa shape index (κ3) is 2.33. The van der Waals surface area contributed by atoms with Crippen molar-refractivity contribution in [1.82, 2.24) is 0 Å². The van der Waals surface area contributed by atoms with Gasteiger partial charge in [-0.3, -0.25) is 0 Å². The molecular weight excluding hydrogens is 136 g/mol. The fourth-order valence-corrected chi connectivity index (χ4v) is 1.45. The van der Waals surface area contributed by atoms with Crippen LogP contribution in [0.5, 0.6) is 0 Å². The van der Waals surface area contributed by atoms with Crippen LogP contribution in [0.1, 0.15) is 40.0 Å². The SMILES string of the molecule is CCCC1CC(C)=C(C)CO1. The molecule has 1 aliphatic rings. The fraction of sp³-hybridized carbons (Fsp3) is 0.800. The third-order valence-corrected chi connectivity index (χ3v) is 2.41. The molecule has 1 heteroatoms. The molecule has 0 aromatic carbocycles. The standard InChI is InChI=1S/C10H18O/c1-4-5-10-6-8(2)9(3)7-11-10/h10H,4-7H2,1-3H3. The van der Waals surface area contributed by atoms with Gasteiger partial charge in [0.1, 0.15) is 0 Å². The number of hydrogen-bond donors (Lipinski definition) is 0. The molecule has 1 aliphatic heterocycles. The molecule has 0 aliphatic carbocycles. The molecule has 0 spiro atoms. The van der Waals surface area contributed by atoms with E-state index in [1.54, 1.807) is 0 Å². The second-order valence-corrected chi connectivity index (χ2v) is 3.49. The van der Waals surface area contributed by atoms with Crippen LogP contribution in [0.4, 0.5) is 0 Å². The Bertz CT molecular complexity index is 158. The zero-order valence-corrected chi connectivity index (χ0v) is 7.81. The summed E-state index contributed by atoms with van der Waals surface area (Å²) in [5.41, 5.74) is 2.96. The van der Waals surface area contributed by atoms with Crippen LogP contribution in [-0.2, 0) is 4.74 Å². The predicted molar refractivity (Wildman–Crippen MR) is 47.6 cm³/mol. The van der Waals surface area contributed by atoms with Gasteiger partial charge >= 0.3 is 0 Å². The first-order chi connectivity index (χ1) is 5.24. The smallest absolute Gasteiger partial charge is 0.0680 e. The van der Waals surface area contributed by atoms with Crippen LogP contribution in [0.15, 0.2) is 11.1 Å². The first-order valence-electron chi connectivity index (χ1n) is 4.51. The molecule has 1 nitrogen and oxygen atoms in total. The summed E-state index contributed by atoms with van der Waals surface area (Å²) in [4.78, 5) is 0. The second-order valence-electron chi connectivity index (χ2n) is 3.49. The molecule has 64 valence electrons. The molecule has 1 unspecified atom stereocenters. The Balaban J connectivity index is 2.44. The molecule has 0 aromatic rings. The molecular formula is C10H18O. The quantitative estimate of drug-likeness (QED) is 0.556. The molecule has 0 saturated carbocycles. The van der Waals surface area contributed by atoms with Gasteiger partial charge in [-0.15, -0.1) is 0 Å². The number of rotatable bonds is 2. The first-order valence-corrected chi connectivity index (χ1v) is 4.51. The summed E-state index contributed by atoms with van der Waals surface area (Å²) >= 11 is 0. The van der Waals surface area contributed by atoms with Gasteiger partial charge in [-0.05, 0) is 32.3 Å². The van der Waals surface area contributed by atoms with Crippen molar-refractivity contribution in [2.24, 2.45) is 0 Å². The van der Waals surface area contributed by atoms with E-state index in [4.69, 9.17) is 4.74 Å². The van der Waals surface area contributed by atoms with Crippen LogP contribution in [0.2, 0.25) is 0 Å². The van der Waals surface area contributed by atoms with E-state index in [9.17, 15) is 0 Å². The Labute approximate surface area is 69.4 Å². The maximum absolute atomic E-state index is 5.64. The molecule has 11 heavy (non-hydrogen) atoms. The molecule has 1 atom stereocenters. The predicted octanol–water partition coefficient (Wildman–Crippen LogP) is 2.91. The van der Waals surface area contributed by atoms with Crippen molar-refractivity contribution in [3.63, 3.8) is 0 Å². The lowest BCUT2D eigenvalue weighted by Crippen LogP contribution is -2.20. The van der Waals surface area contributed by atoms with Crippen LogP contribution in [0, 0.1) is 0 Å². The van der Waals surface area contributed by atoms with Gasteiger partial charge in [0.15, 0.2) is 0 Å². The Morgan fingerprint density at radius 3 is 2.64 bits per heavy atom. The average molecular weight is 154 g/mol. The first kappa shape index (κ1) is 8.79. The van der Waals surface area contributed by atoms with Crippen molar-refractivity contribution in [1.29, 1.82) is 0 Å². The van der Waals surface area contributed by atoms with Gasteiger partial charge in [0.05, 0.1) is 12.7 Å². The lowest BCUT2D eigenvalue weighted by Gasteiger charge is -2.24. The molecule has 0 amide bonds. The Kier molecular flexibility index (Phi) is 3.13. The summed E-state index contributed by atoms with van der Waals surface area (Å²) in [7, 11) is 0. The summed E-state index contributed by atoms with van der Waals surface area (Å²) in [5.74, 6) is 0. The molecule has 0 bridgehead atoms. The summed E-state index contributed by atoms with van der Waals surface area (Å²) in [6.45, 7) is 7.46. The maximum atomic E-state index is 5.64. The van der Waals surface area contributed by atoms with Crippen molar-refractivity contribution < 1.29 is 4.74 Å². The Morgan fingerprint density at radius 1 is 1.36 bits per heavy atom. The molecule has 0 fully saturated rings. The summed E-state index contributed by atoms with van der Waals surface area (Å²) < 4.78 is 5.64. The van der Waals surface area contributed by atoms with E-state index < -0.39 is 0 Å². The minimum atomic E-state index is 0.503. The van der Waals surface area contributed by atoms with E-state index >= 15 is 0 Å². The van der Waals surface area contributed by atoms with Crippen molar-refractivity contribution in [2.75, 3.05) is 6.61 Å². The monoisotopic (exact) mass is 154 g/mol. The van der Waals surface area contributed by atoms with Gasteiger partial charge in [-0.25, -0.2) is 0 Å². The van der Waals surface area contributed by atoms with E-state index in [2.05, 4.69) is 20.8 Å². The Hall–Kier alpha value is -0.300. The zero-order chi connectivity index (χ0) is 8.27. The van der Waals surface area contributed by atoms with Gasteiger partial charge in [0, 0.05) is 0 Å². The van der Waals surface area contributed by atoms with Crippen LogP contribution < -0.4 is 0 Å². The van der Waals surface area contributed by atoms with Crippen molar-refractivity contribution in [3.05, 3.63) is 11.1 Å². The molecule has 0 N–H and O–H groups in total. The zero-order valence-electron chi connectivity index (χ0n) is 7.81. The summed E-state index contributed by atoms with van der Waals surface area (Å²) in [6, 6.07) is 0. The maximum Gasteiger partial charge on any atom is 0.0680 e. The van der Waals surface area contributed by atoms with E-state index in [1.807, 2.05) is 0 Å². The summed E-state index contributed by atoms with van der Waals surface area (Å²) in [6.07, 6.45) is 4.10. The number of ether oxygens (including phenoxy) is 1. The van der Waals surface area contributed by atoms with Gasteiger partial charge in [0.2, 0.25) is 0 Å². The van der Waals surface area contributed by atoms with Gasteiger partial charge < -0.3 is 4.74 Å². The van der Waals surface area contributed by atoms with Gasteiger partial charge in [-0.2, -0.15) is 0 Å². The highest BCUT2D eigenvalue weighted by Crippen LogP contribution is 2.22. The molecule has 0 aromatic heterocycles.